The molecule has 0 fully saturated rings. The largest absolute Gasteiger partial charge is 0.398 e. The van der Waals surface area contributed by atoms with Crippen LogP contribution >= 0.6 is 0 Å². The van der Waals surface area contributed by atoms with Crippen LogP contribution in [-0.2, 0) is 12.8 Å². The molecule has 2 aromatic rings. The minimum atomic E-state index is -0.177. The van der Waals surface area contributed by atoms with Crippen LogP contribution in [0, 0.1) is 12.7 Å². The van der Waals surface area contributed by atoms with Crippen molar-refractivity contribution in [1.82, 2.24) is 0 Å². The number of nitrogens with zero attached hydrogens (tertiary/aromatic N) is 1. The Kier molecular flexibility index (Phi) is 3.35. The molecule has 1 aliphatic heterocycles. The van der Waals surface area contributed by atoms with Crippen molar-refractivity contribution in [2.75, 3.05) is 23.7 Å². The highest BCUT2D eigenvalue weighted by molar-refractivity contribution is 5.67. The van der Waals surface area contributed by atoms with E-state index in [1.54, 1.807) is 0 Å². The molecule has 0 atom stereocenters. The summed E-state index contributed by atoms with van der Waals surface area (Å²) in [6.07, 6.45) is 2.01. The smallest absolute Gasteiger partial charge is 0.123 e. The van der Waals surface area contributed by atoms with Crippen LogP contribution < -0.4 is 10.6 Å². The van der Waals surface area contributed by atoms with Gasteiger partial charge in [-0.25, -0.2) is 4.39 Å². The van der Waals surface area contributed by atoms with Crippen LogP contribution in [0.5, 0.6) is 0 Å². The first-order valence-corrected chi connectivity index (χ1v) is 7.02. The zero-order valence-corrected chi connectivity index (χ0v) is 11.7. The van der Waals surface area contributed by atoms with Crippen molar-refractivity contribution < 1.29 is 4.39 Å². The maximum Gasteiger partial charge on any atom is 0.123 e. The lowest BCUT2D eigenvalue weighted by molar-refractivity contribution is 0.627. The fourth-order valence-corrected chi connectivity index (χ4v) is 2.79. The van der Waals surface area contributed by atoms with Crippen molar-refractivity contribution >= 4 is 11.4 Å². The SMILES string of the molecule is Cc1cc2c(cc1N)N(CCc1ccc(F)cc1)CC2. The molecule has 0 aliphatic carbocycles. The molecule has 0 bridgehead atoms. The molecule has 2 aromatic carbocycles. The number of hydrogen-bond donors (Lipinski definition) is 1. The summed E-state index contributed by atoms with van der Waals surface area (Å²) >= 11 is 0. The van der Waals surface area contributed by atoms with Gasteiger partial charge in [0.1, 0.15) is 5.82 Å². The molecule has 1 aliphatic rings. The van der Waals surface area contributed by atoms with Crippen LogP contribution in [0.25, 0.3) is 0 Å². The zero-order valence-electron chi connectivity index (χ0n) is 11.7. The molecule has 0 saturated heterocycles. The molecule has 0 radical (unpaired) electrons. The van der Waals surface area contributed by atoms with Crippen molar-refractivity contribution in [1.29, 1.82) is 0 Å². The van der Waals surface area contributed by atoms with Gasteiger partial charge in [-0.2, -0.15) is 0 Å². The van der Waals surface area contributed by atoms with Crippen LogP contribution in [0.1, 0.15) is 16.7 Å². The van der Waals surface area contributed by atoms with Crippen molar-refractivity contribution in [3.05, 3.63) is 58.9 Å². The third kappa shape index (κ3) is 2.48. The molecule has 3 rings (SSSR count). The summed E-state index contributed by atoms with van der Waals surface area (Å²) in [6, 6.07) is 11.0. The Morgan fingerprint density at radius 1 is 1.20 bits per heavy atom. The summed E-state index contributed by atoms with van der Waals surface area (Å²) in [5.74, 6) is -0.177. The quantitative estimate of drug-likeness (QED) is 0.867. The van der Waals surface area contributed by atoms with E-state index in [0.29, 0.717) is 0 Å². The van der Waals surface area contributed by atoms with Crippen molar-refractivity contribution in [2.45, 2.75) is 19.8 Å². The lowest BCUT2D eigenvalue weighted by Crippen LogP contribution is -2.23. The summed E-state index contributed by atoms with van der Waals surface area (Å²) in [5.41, 5.74) is 11.8. The molecule has 0 aromatic heterocycles. The summed E-state index contributed by atoms with van der Waals surface area (Å²) in [6.45, 7) is 4.04. The Balaban J connectivity index is 1.72. The average molecular weight is 270 g/mol. The Hall–Kier alpha value is -2.03. The van der Waals surface area contributed by atoms with Gasteiger partial charge in [-0.1, -0.05) is 18.2 Å². The highest BCUT2D eigenvalue weighted by atomic mass is 19.1. The topological polar surface area (TPSA) is 29.3 Å². The molecule has 0 unspecified atom stereocenters. The zero-order chi connectivity index (χ0) is 14.1. The summed E-state index contributed by atoms with van der Waals surface area (Å²) in [4.78, 5) is 2.37. The number of aryl methyl sites for hydroxylation is 1. The van der Waals surface area contributed by atoms with E-state index in [0.717, 1.165) is 37.2 Å². The van der Waals surface area contributed by atoms with Gasteiger partial charge in [0, 0.05) is 24.5 Å². The minimum Gasteiger partial charge on any atom is -0.398 e. The molecule has 3 heteroatoms. The number of anilines is 2. The number of nitrogens with two attached hydrogens (primary N) is 1. The van der Waals surface area contributed by atoms with Gasteiger partial charge in [-0.15, -0.1) is 0 Å². The van der Waals surface area contributed by atoms with Gasteiger partial charge in [0.25, 0.3) is 0 Å². The van der Waals surface area contributed by atoms with Crippen LogP contribution in [-0.4, -0.2) is 13.1 Å². The Morgan fingerprint density at radius 3 is 2.70 bits per heavy atom. The van der Waals surface area contributed by atoms with E-state index in [1.807, 2.05) is 12.1 Å². The van der Waals surface area contributed by atoms with E-state index in [4.69, 9.17) is 5.73 Å². The molecule has 0 amide bonds. The van der Waals surface area contributed by atoms with Crippen LogP contribution in [0.2, 0.25) is 0 Å². The maximum absolute atomic E-state index is 12.9. The number of hydrogen-bond acceptors (Lipinski definition) is 2. The van der Waals surface area contributed by atoms with E-state index in [-0.39, 0.29) is 5.82 Å². The van der Waals surface area contributed by atoms with Gasteiger partial charge < -0.3 is 10.6 Å². The van der Waals surface area contributed by atoms with E-state index in [1.165, 1.54) is 28.9 Å². The standard InChI is InChI=1S/C17H19FN2/c1-12-10-14-7-9-20(17(14)11-16(12)19)8-6-13-2-4-15(18)5-3-13/h2-5,10-11H,6-9,19H2,1H3. The molecule has 0 spiro atoms. The lowest BCUT2D eigenvalue weighted by atomic mass is 10.1. The number of benzene rings is 2. The molecular formula is C17H19FN2. The van der Waals surface area contributed by atoms with Crippen LogP contribution in [0.4, 0.5) is 15.8 Å². The van der Waals surface area contributed by atoms with E-state index >= 15 is 0 Å². The molecule has 2 N–H and O–H groups in total. The second-order valence-electron chi connectivity index (χ2n) is 5.45. The van der Waals surface area contributed by atoms with E-state index < -0.39 is 0 Å². The Morgan fingerprint density at radius 2 is 1.95 bits per heavy atom. The van der Waals surface area contributed by atoms with Crippen LogP contribution in [0.15, 0.2) is 36.4 Å². The molecule has 20 heavy (non-hydrogen) atoms. The second-order valence-corrected chi connectivity index (χ2v) is 5.45. The van der Waals surface area contributed by atoms with Gasteiger partial charge in [-0.3, -0.25) is 0 Å². The molecule has 2 nitrogen and oxygen atoms in total. The maximum atomic E-state index is 12.9. The minimum absolute atomic E-state index is 0.177. The summed E-state index contributed by atoms with van der Waals surface area (Å²) in [7, 11) is 0. The van der Waals surface area contributed by atoms with Gasteiger partial charge in [0.2, 0.25) is 0 Å². The van der Waals surface area contributed by atoms with Gasteiger partial charge in [0.15, 0.2) is 0 Å². The predicted molar refractivity (Wildman–Crippen MR) is 81.6 cm³/mol. The predicted octanol–water partition coefficient (Wildman–Crippen LogP) is 3.32. The highest BCUT2D eigenvalue weighted by Gasteiger charge is 2.19. The number of rotatable bonds is 3. The molecule has 1 heterocycles. The first-order chi connectivity index (χ1) is 9.63. The van der Waals surface area contributed by atoms with Crippen molar-refractivity contribution in [3.8, 4) is 0 Å². The number of nitrogen functional groups attached to an aromatic ring is 1. The van der Waals surface area contributed by atoms with Crippen molar-refractivity contribution in [3.63, 3.8) is 0 Å². The third-order valence-corrected chi connectivity index (χ3v) is 4.04. The second kappa shape index (κ2) is 5.16. The lowest BCUT2D eigenvalue weighted by Gasteiger charge is -2.20. The fourth-order valence-electron chi connectivity index (χ4n) is 2.79. The normalized spacial score (nSPS) is 13.6. The Labute approximate surface area is 119 Å². The van der Waals surface area contributed by atoms with Gasteiger partial charge in [-0.05, 0) is 54.7 Å². The number of fused-ring (bicyclic) bond motifs is 1. The van der Waals surface area contributed by atoms with Crippen LogP contribution in [0.3, 0.4) is 0 Å². The van der Waals surface area contributed by atoms with E-state index in [9.17, 15) is 4.39 Å². The Bertz CT molecular complexity index is 620. The van der Waals surface area contributed by atoms with Crippen molar-refractivity contribution in [2.24, 2.45) is 0 Å². The average Bonchev–Trinajstić information content (AvgIpc) is 2.81. The fraction of sp³-hybridized carbons (Fsp3) is 0.294. The first-order valence-electron chi connectivity index (χ1n) is 7.02. The molecule has 104 valence electrons. The van der Waals surface area contributed by atoms with E-state index in [2.05, 4.69) is 24.0 Å². The number of halogens is 1. The van der Waals surface area contributed by atoms with Gasteiger partial charge >= 0.3 is 0 Å². The monoisotopic (exact) mass is 270 g/mol. The third-order valence-electron chi connectivity index (χ3n) is 4.04. The first kappa shape index (κ1) is 13.0. The van der Waals surface area contributed by atoms with Gasteiger partial charge in [0.05, 0.1) is 0 Å². The summed E-state index contributed by atoms with van der Waals surface area (Å²) in [5, 5.41) is 0. The highest BCUT2D eigenvalue weighted by Crippen LogP contribution is 2.32. The molecule has 0 saturated carbocycles. The molecular weight excluding hydrogens is 251 g/mol. The summed E-state index contributed by atoms with van der Waals surface area (Å²) < 4.78 is 12.9.